The third-order valence-corrected chi connectivity index (χ3v) is 2.63. The normalized spacial score (nSPS) is 11.9. The number of amides is 1. The van der Waals surface area contributed by atoms with Gasteiger partial charge in [0.2, 0.25) is 6.85 Å². The van der Waals surface area contributed by atoms with Crippen molar-refractivity contribution in [3.8, 4) is 0 Å². The molecule has 3 nitrogen and oxygen atoms in total. The van der Waals surface area contributed by atoms with Gasteiger partial charge in [0, 0.05) is 13.6 Å². The largest absolute Gasteiger partial charge is 0.471 e. The average molecular weight is 300 g/mol. The molecule has 0 aliphatic carbocycles. The zero-order chi connectivity index (χ0) is 12.8. The number of nitrogens with zero attached hydrogens (tertiary/aromatic N) is 1. The van der Waals surface area contributed by atoms with Crippen LogP contribution in [0.1, 0.15) is 12.8 Å². The van der Waals surface area contributed by atoms with Crippen molar-refractivity contribution in [1.29, 1.82) is 0 Å². The Labute approximate surface area is 102 Å². The molecule has 0 rings (SSSR count). The van der Waals surface area contributed by atoms with E-state index in [0.29, 0.717) is 17.7 Å². The maximum Gasteiger partial charge on any atom is 0.471 e. The standard InChI is InChI=1S/C7H11Cl2F3NO2P/c1-13(6(14)7(10,11)12)4-2-3-5-15-16(8)9/h2-5H2,1H3. The summed E-state index contributed by atoms with van der Waals surface area (Å²) in [5.41, 5.74) is 0. The van der Waals surface area contributed by atoms with Gasteiger partial charge in [-0.05, 0) is 35.3 Å². The van der Waals surface area contributed by atoms with Crippen LogP contribution in [0.3, 0.4) is 0 Å². The zero-order valence-corrected chi connectivity index (χ0v) is 10.8. The molecule has 1 amide bonds. The molecule has 96 valence electrons. The number of halogens is 5. The fourth-order valence-electron chi connectivity index (χ4n) is 0.903. The lowest BCUT2D eigenvalue weighted by Gasteiger charge is -2.18. The van der Waals surface area contributed by atoms with Gasteiger partial charge in [-0.3, -0.25) is 4.79 Å². The lowest BCUT2D eigenvalue weighted by molar-refractivity contribution is -0.184. The highest BCUT2D eigenvalue weighted by molar-refractivity contribution is 8.00. The number of unbranched alkanes of at least 4 members (excludes halogenated alkanes) is 1. The molecule has 0 N–H and O–H groups in total. The van der Waals surface area contributed by atoms with Crippen LogP contribution in [0.15, 0.2) is 0 Å². The molecule has 0 bridgehead atoms. The molecule has 0 radical (unpaired) electrons. The smallest absolute Gasteiger partial charge is 0.338 e. The van der Waals surface area contributed by atoms with Crippen LogP contribution in [0, 0.1) is 0 Å². The highest BCUT2D eigenvalue weighted by atomic mass is 35.9. The Bertz CT molecular complexity index is 228. The van der Waals surface area contributed by atoms with Crippen molar-refractivity contribution in [2.75, 3.05) is 20.2 Å². The minimum atomic E-state index is -4.81. The Hall–Kier alpha value is 0.230. The number of hydrogen-bond donors (Lipinski definition) is 0. The topological polar surface area (TPSA) is 29.5 Å². The molecule has 0 saturated heterocycles. The summed E-state index contributed by atoms with van der Waals surface area (Å²) >= 11 is 10.6. The lowest BCUT2D eigenvalue weighted by Crippen LogP contribution is -2.38. The van der Waals surface area contributed by atoms with E-state index >= 15 is 0 Å². The molecule has 0 aromatic carbocycles. The van der Waals surface area contributed by atoms with E-state index in [1.807, 2.05) is 0 Å². The van der Waals surface area contributed by atoms with Crippen molar-refractivity contribution in [2.45, 2.75) is 19.0 Å². The second-order valence-corrected chi connectivity index (χ2v) is 5.99. The molecule has 0 atom stereocenters. The number of alkyl halides is 3. The Morgan fingerprint density at radius 3 is 2.38 bits per heavy atom. The summed E-state index contributed by atoms with van der Waals surface area (Å²) in [6.45, 7) is -1.19. The van der Waals surface area contributed by atoms with Crippen molar-refractivity contribution < 1.29 is 22.5 Å². The van der Waals surface area contributed by atoms with E-state index in [1.54, 1.807) is 0 Å². The summed E-state index contributed by atoms with van der Waals surface area (Å²) in [6.07, 6.45) is -3.92. The summed E-state index contributed by atoms with van der Waals surface area (Å²) in [7, 11) is 1.10. The van der Waals surface area contributed by atoms with Crippen molar-refractivity contribution in [3.05, 3.63) is 0 Å². The molecular formula is C7H11Cl2F3NO2P. The maximum atomic E-state index is 11.9. The van der Waals surface area contributed by atoms with Gasteiger partial charge < -0.3 is 9.42 Å². The van der Waals surface area contributed by atoms with Gasteiger partial charge in [0.15, 0.2) is 0 Å². The first-order chi connectivity index (χ1) is 7.25. The van der Waals surface area contributed by atoms with Crippen molar-refractivity contribution in [2.24, 2.45) is 0 Å². The van der Waals surface area contributed by atoms with E-state index in [4.69, 9.17) is 27.0 Å². The van der Waals surface area contributed by atoms with E-state index in [-0.39, 0.29) is 13.2 Å². The monoisotopic (exact) mass is 299 g/mol. The van der Waals surface area contributed by atoms with Gasteiger partial charge in [-0.15, -0.1) is 0 Å². The summed E-state index contributed by atoms with van der Waals surface area (Å²) < 4.78 is 40.6. The number of hydrogen-bond acceptors (Lipinski definition) is 2. The van der Waals surface area contributed by atoms with Gasteiger partial charge in [0.05, 0.1) is 6.61 Å². The van der Waals surface area contributed by atoms with Crippen molar-refractivity contribution in [1.82, 2.24) is 4.90 Å². The van der Waals surface area contributed by atoms with Gasteiger partial charge in [0.1, 0.15) is 0 Å². The first kappa shape index (κ1) is 16.2. The maximum absolute atomic E-state index is 11.9. The number of carbonyl (C=O) groups excluding carboxylic acids is 1. The summed E-state index contributed by atoms with van der Waals surface area (Å²) in [5, 5.41) is 0. The summed E-state index contributed by atoms with van der Waals surface area (Å²) in [4.78, 5) is 11.3. The first-order valence-corrected chi connectivity index (χ1v) is 7.39. The van der Waals surface area contributed by atoms with Crippen LogP contribution in [0.4, 0.5) is 13.2 Å². The van der Waals surface area contributed by atoms with Crippen molar-refractivity contribution >= 4 is 35.2 Å². The van der Waals surface area contributed by atoms with Gasteiger partial charge >= 0.3 is 12.1 Å². The highest BCUT2D eigenvalue weighted by Crippen LogP contribution is 2.47. The van der Waals surface area contributed by atoms with Crippen molar-refractivity contribution in [3.63, 3.8) is 0 Å². The van der Waals surface area contributed by atoms with Crippen LogP contribution in [-0.4, -0.2) is 37.2 Å². The molecule has 0 fully saturated rings. The Morgan fingerprint density at radius 1 is 1.38 bits per heavy atom. The Morgan fingerprint density at radius 2 is 1.94 bits per heavy atom. The average Bonchev–Trinajstić information content (AvgIpc) is 2.13. The lowest BCUT2D eigenvalue weighted by atomic mass is 10.3. The Balaban J connectivity index is 3.66. The predicted molar refractivity (Wildman–Crippen MR) is 57.5 cm³/mol. The predicted octanol–water partition coefficient (Wildman–Crippen LogP) is 3.51. The van der Waals surface area contributed by atoms with Gasteiger partial charge in [-0.1, -0.05) is 0 Å². The quantitative estimate of drug-likeness (QED) is 0.555. The number of rotatable bonds is 6. The fourth-order valence-corrected chi connectivity index (χ4v) is 1.58. The van der Waals surface area contributed by atoms with E-state index in [0.717, 1.165) is 7.05 Å². The Kier molecular flexibility index (Phi) is 7.64. The highest BCUT2D eigenvalue weighted by Gasteiger charge is 2.40. The molecule has 0 saturated carbocycles. The van der Waals surface area contributed by atoms with E-state index in [9.17, 15) is 18.0 Å². The fraction of sp³-hybridized carbons (Fsp3) is 0.857. The molecule has 0 heterocycles. The molecule has 0 unspecified atom stereocenters. The number of carbonyl (C=O) groups is 1. The molecule has 0 spiro atoms. The second-order valence-electron chi connectivity index (χ2n) is 2.97. The van der Waals surface area contributed by atoms with Crippen LogP contribution in [-0.2, 0) is 9.32 Å². The van der Waals surface area contributed by atoms with Crippen LogP contribution in [0.2, 0.25) is 0 Å². The molecule has 0 aromatic heterocycles. The van der Waals surface area contributed by atoms with Gasteiger partial charge in [-0.25, -0.2) is 0 Å². The third kappa shape index (κ3) is 7.49. The minimum absolute atomic E-state index is 0.0181. The molecule has 0 aromatic rings. The third-order valence-electron chi connectivity index (χ3n) is 1.67. The molecule has 9 heteroatoms. The van der Waals surface area contributed by atoms with Gasteiger partial charge in [0.25, 0.3) is 0 Å². The van der Waals surface area contributed by atoms with Crippen LogP contribution in [0.25, 0.3) is 0 Å². The van der Waals surface area contributed by atoms with Gasteiger partial charge in [-0.2, -0.15) is 13.2 Å². The molecule has 16 heavy (non-hydrogen) atoms. The zero-order valence-electron chi connectivity index (χ0n) is 8.43. The summed E-state index contributed by atoms with van der Waals surface area (Å²) in [6, 6.07) is 0. The second kappa shape index (κ2) is 7.54. The molecule has 0 aliphatic heterocycles. The minimum Gasteiger partial charge on any atom is -0.338 e. The van der Waals surface area contributed by atoms with Crippen LogP contribution in [0.5, 0.6) is 0 Å². The molecular weight excluding hydrogens is 289 g/mol. The van der Waals surface area contributed by atoms with E-state index < -0.39 is 18.9 Å². The first-order valence-electron chi connectivity index (χ1n) is 4.32. The van der Waals surface area contributed by atoms with E-state index in [1.165, 1.54) is 0 Å². The molecule has 0 aliphatic rings. The summed E-state index contributed by atoms with van der Waals surface area (Å²) in [5.74, 6) is -1.84. The SMILES string of the molecule is CN(CCCCOP(Cl)Cl)C(=O)C(F)(F)F. The van der Waals surface area contributed by atoms with Crippen LogP contribution < -0.4 is 0 Å². The van der Waals surface area contributed by atoms with E-state index in [2.05, 4.69) is 0 Å². The van der Waals surface area contributed by atoms with Crippen LogP contribution >= 0.6 is 29.3 Å².